The van der Waals surface area contributed by atoms with Gasteiger partial charge in [0, 0.05) is 11.8 Å². The van der Waals surface area contributed by atoms with Gasteiger partial charge >= 0.3 is 5.76 Å². The van der Waals surface area contributed by atoms with Gasteiger partial charge in [-0.3, -0.25) is 4.98 Å². The number of halogens is 2. The molecule has 0 saturated carbocycles. The summed E-state index contributed by atoms with van der Waals surface area (Å²) < 4.78 is 31.4. The van der Waals surface area contributed by atoms with E-state index in [-0.39, 0.29) is 37.6 Å². The van der Waals surface area contributed by atoms with Crippen LogP contribution in [0.2, 0.25) is 10.0 Å². The molecule has 0 bridgehead atoms. The zero-order valence-electron chi connectivity index (χ0n) is 13.4. The molecule has 1 aliphatic rings. The van der Waals surface area contributed by atoms with Crippen LogP contribution >= 0.6 is 23.2 Å². The Morgan fingerprint density at radius 1 is 1.22 bits per heavy atom. The quantitative estimate of drug-likeness (QED) is 0.675. The largest absolute Gasteiger partial charge is 0.504 e. The highest BCUT2D eigenvalue weighted by molar-refractivity contribution is 8.00. The molecule has 0 radical (unpaired) electrons. The van der Waals surface area contributed by atoms with E-state index >= 15 is 0 Å². The van der Waals surface area contributed by atoms with E-state index in [0.29, 0.717) is 5.56 Å². The molecule has 3 heterocycles. The van der Waals surface area contributed by atoms with Crippen molar-refractivity contribution in [1.29, 1.82) is 0 Å². The summed E-state index contributed by atoms with van der Waals surface area (Å²) in [6, 6.07) is 5.93. The van der Waals surface area contributed by atoms with Crippen molar-refractivity contribution in [2.24, 2.45) is 0 Å². The van der Waals surface area contributed by atoms with Gasteiger partial charge < -0.3 is 9.52 Å². The molecule has 0 fully saturated rings. The molecule has 2 aromatic heterocycles. The van der Waals surface area contributed by atoms with Gasteiger partial charge in [0.1, 0.15) is 16.9 Å². The van der Waals surface area contributed by atoms with Gasteiger partial charge in [-0.1, -0.05) is 35.3 Å². The fraction of sp³-hybridized carbons (Fsp3) is 0.0588. The zero-order chi connectivity index (χ0) is 19.3. The third kappa shape index (κ3) is 2.77. The molecule has 1 aliphatic heterocycles. The molecular formula is C17H10Cl2N2O5S. The second-order valence-electron chi connectivity index (χ2n) is 5.74. The standard InChI is InChI=1S/C17H10Cl2N2O5S/c18-11-4-3-10(12(19)14(11)21-6-7-26-17(21)23)16-15(22)13-9(2-1-5-20-13)8-27(16,24)25/h1-7,22H,8H2. The summed E-state index contributed by atoms with van der Waals surface area (Å²) in [5.74, 6) is -1.59. The van der Waals surface area contributed by atoms with E-state index < -0.39 is 21.4 Å². The predicted octanol–water partition coefficient (Wildman–Crippen LogP) is 3.44. The van der Waals surface area contributed by atoms with Crippen LogP contribution in [-0.2, 0) is 15.6 Å². The molecule has 0 aliphatic carbocycles. The Morgan fingerprint density at radius 2 is 2.00 bits per heavy atom. The number of aromatic nitrogens is 2. The van der Waals surface area contributed by atoms with Crippen molar-refractivity contribution in [3.8, 4) is 5.69 Å². The molecule has 0 atom stereocenters. The van der Waals surface area contributed by atoms with Crippen LogP contribution in [0.3, 0.4) is 0 Å². The lowest BCUT2D eigenvalue weighted by Gasteiger charge is -2.21. The zero-order valence-corrected chi connectivity index (χ0v) is 15.7. The molecule has 0 saturated heterocycles. The third-order valence-corrected chi connectivity index (χ3v) is 6.53. The Morgan fingerprint density at radius 3 is 2.70 bits per heavy atom. The Balaban J connectivity index is 2.05. The highest BCUT2D eigenvalue weighted by atomic mass is 35.5. The van der Waals surface area contributed by atoms with Gasteiger partial charge in [0.05, 0.1) is 27.7 Å². The smallest absolute Gasteiger partial charge is 0.423 e. The minimum absolute atomic E-state index is 0.0120. The SMILES string of the molecule is O=c1occn1-c1c(Cl)ccc(C2=C(O)c3ncccc3CS2(=O)=O)c1Cl. The number of fused-ring (bicyclic) bond motifs is 1. The first kappa shape index (κ1) is 17.8. The molecule has 1 aromatic carbocycles. The van der Waals surface area contributed by atoms with Crippen molar-refractivity contribution >= 4 is 43.7 Å². The number of oxazole rings is 1. The molecule has 0 unspecified atom stereocenters. The van der Waals surface area contributed by atoms with Crippen LogP contribution in [0.25, 0.3) is 16.4 Å². The Kier molecular flexibility index (Phi) is 4.14. The van der Waals surface area contributed by atoms with Crippen molar-refractivity contribution in [3.05, 3.63) is 80.3 Å². The van der Waals surface area contributed by atoms with Crippen LogP contribution in [0.15, 0.2) is 52.1 Å². The van der Waals surface area contributed by atoms with Crippen LogP contribution in [-0.4, -0.2) is 23.1 Å². The predicted molar refractivity (Wildman–Crippen MR) is 101 cm³/mol. The van der Waals surface area contributed by atoms with Crippen molar-refractivity contribution in [3.63, 3.8) is 0 Å². The number of hydrogen-bond acceptors (Lipinski definition) is 6. The first-order valence-electron chi connectivity index (χ1n) is 7.56. The van der Waals surface area contributed by atoms with E-state index in [2.05, 4.69) is 4.98 Å². The summed E-state index contributed by atoms with van der Waals surface area (Å²) in [6.45, 7) is 0. The number of aliphatic hydroxyl groups is 1. The van der Waals surface area contributed by atoms with Gasteiger partial charge in [0.25, 0.3) is 0 Å². The maximum Gasteiger partial charge on any atom is 0.423 e. The van der Waals surface area contributed by atoms with Gasteiger partial charge in [0.2, 0.25) is 0 Å². The topological polar surface area (TPSA) is 102 Å². The van der Waals surface area contributed by atoms with Gasteiger partial charge in [-0.05, 0) is 17.7 Å². The number of rotatable bonds is 2. The Hall–Kier alpha value is -2.55. The summed E-state index contributed by atoms with van der Waals surface area (Å²) >= 11 is 12.6. The summed E-state index contributed by atoms with van der Waals surface area (Å²) in [7, 11) is -3.92. The van der Waals surface area contributed by atoms with Crippen LogP contribution in [0, 0.1) is 0 Å². The van der Waals surface area contributed by atoms with Gasteiger partial charge in [-0.15, -0.1) is 0 Å². The second kappa shape index (κ2) is 6.26. The lowest BCUT2D eigenvalue weighted by atomic mass is 10.1. The molecule has 138 valence electrons. The minimum Gasteiger partial charge on any atom is -0.504 e. The summed E-state index contributed by atoms with van der Waals surface area (Å²) in [5, 5.41) is 10.6. The molecular weight excluding hydrogens is 415 g/mol. The molecule has 3 aromatic rings. The number of aliphatic hydroxyl groups excluding tert-OH is 1. The van der Waals surface area contributed by atoms with E-state index in [1.807, 2.05) is 0 Å². The number of sulfone groups is 1. The van der Waals surface area contributed by atoms with Crippen molar-refractivity contribution in [2.75, 3.05) is 0 Å². The lowest BCUT2D eigenvalue weighted by Crippen LogP contribution is -2.18. The minimum atomic E-state index is -3.92. The van der Waals surface area contributed by atoms with Crippen molar-refractivity contribution < 1.29 is 17.9 Å². The normalized spacial score (nSPS) is 15.6. The fourth-order valence-corrected chi connectivity index (χ4v) is 5.35. The number of pyridine rings is 1. The van der Waals surface area contributed by atoms with Gasteiger partial charge in [-0.25, -0.2) is 17.8 Å². The highest BCUT2D eigenvalue weighted by Crippen LogP contribution is 2.42. The van der Waals surface area contributed by atoms with E-state index in [4.69, 9.17) is 27.6 Å². The average Bonchev–Trinajstić information content (AvgIpc) is 3.02. The highest BCUT2D eigenvalue weighted by Gasteiger charge is 2.35. The number of nitrogens with zero attached hydrogens (tertiary/aromatic N) is 2. The molecule has 7 nitrogen and oxygen atoms in total. The molecule has 10 heteroatoms. The molecule has 1 N–H and O–H groups in total. The van der Waals surface area contributed by atoms with Gasteiger partial charge in [-0.2, -0.15) is 0 Å². The Bertz CT molecular complexity index is 1270. The van der Waals surface area contributed by atoms with Crippen LogP contribution < -0.4 is 5.76 Å². The first-order chi connectivity index (χ1) is 12.8. The van der Waals surface area contributed by atoms with Gasteiger partial charge in [0.15, 0.2) is 15.6 Å². The third-order valence-electron chi connectivity index (χ3n) is 4.12. The number of benzene rings is 1. The summed E-state index contributed by atoms with van der Waals surface area (Å²) in [6.07, 6.45) is 3.90. The fourth-order valence-electron chi connectivity index (χ4n) is 2.97. The molecule has 27 heavy (non-hydrogen) atoms. The molecule has 0 spiro atoms. The van der Waals surface area contributed by atoms with E-state index in [0.717, 1.165) is 10.8 Å². The Labute approximate surface area is 163 Å². The van der Waals surface area contributed by atoms with Crippen LogP contribution in [0.5, 0.6) is 0 Å². The van der Waals surface area contributed by atoms with E-state index in [9.17, 15) is 18.3 Å². The average molecular weight is 425 g/mol. The monoisotopic (exact) mass is 424 g/mol. The summed E-state index contributed by atoms with van der Waals surface area (Å²) in [5.41, 5.74) is 0.611. The van der Waals surface area contributed by atoms with E-state index in [1.165, 1.54) is 24.5 Å². The maximum atomic E-state index is 12.8. The van der Waals surface area contributed by atoms with Crippen LogP contribution in [0.4, 0.5) is 0 Å². The van der Waals surface area contributed by atoms with E-state index in [1.54, 1.807) is 12.1 Å². The molecule has 4 rings (SSSR count). The second-order valence-corrected chi connectivity index (χ2v) is 8.46. The maximum absolute atomic E-state index is 12.8. The molecule has 0 amide bonds. The van der Waals surface area contributed by atoms with Crippen molar-refractivity contribution in [2.45, 2.75) is 5.75 Å². The first-order valence-corrected chi connectivity index (χ1v) is 9.97. The van der Waals surface area contributed by atoms with Crippen molar-refractivity contribution in [1.82, 2.24) is 9.55 Å². The number of hydrogen-bond donors (Lipinski definition) is 1. The van der Waals surface area contributed by atoms with Crippen LogP contribution in [0.1, 0.15) is 16.8 Å². The summed E-state index contributed by atoms with van der Waals surface area (Å²) in [4.78, 5) is 15.6. The lowest BCUT2D eigenvalue weighted by molar-refractivity contribution is 0.504.